The molecule has 0 radical (unpaired) electrons. The Labute approximate surface area is 188 Å². The van der Waals surface area contributed by atoms with Crippen molar-refractivity contribution in [2.24, 2.45) is 0 Å². The van der Waals surface area contributed by atoms with Gasteiger partial charge in [-0.2, -0.15) is 5.10 Å². The molecule has 1 N–H and O–H groups in total. The monoisotopic (exact) mass is 463 g/mol. The van der Waals surface area contributed by atoms with Gasteiger partial charge in [0.05, 0.1) is 11.8 Å². The van der Waals surface area contributed by atoms with E-state index in [0.717, 1.165) is 17.0 Å². The summed E-state index contributed by atoms with van der Waals surface area (Å²) in [6.45, 7) is 3.36. The number of carbonyl (C=O) groups excluding carboxylic acids is 1. The van der Waals surface area contributed by atoms with Crippen molar-refractivity contribution in [2.45, 2.75) is 41.4 Å². The standard InChI is InChI=1S/C22H23F2N3O2S2/c1-14(21(28)16-4-7-18(30-3)8-5-16)31-15(2)22(29,11-27-13-25-12-26-27)19-9-6-17(23)10-20(19)24/h4-10,12-15,29H,11H2,1-3H3/t14-,15-,22-/m1/s1. The van der Waals surface area contributed by atoms with Crippen molar-refractivity contribution < 1.29 is 18.7 Å². The molecule has 31 heavy (non-hydrogen) atoms. The Kier molecular flexibility index (Phi) is 7.51. The van der Waals surface area contributed by atoms with Gasteiger partial charge in [0.1, 0.15) is 29.9 Å². The van der Waals surface area contributed by atoms with Crippen molar-refractivity contribution in [1.82, 2.24) is 14.8 Å². The molecule has 0 unspecified atom stereocenters. The van der Waals surface area contributed by atoms with Gasteiger partial charge in [0.25, 0.3) is 0 Å². The van der Waals surface area contributed by atoms with E-state index < -0.39 is 27.7 Å². The second kappa shape index (κ2) is 9.93. The van der Waals surface area contributed by atoms with Crippen LogP contribution in [0.1, 0.15) is 29.8 Å². The molecule has 1 heterocycles. The molecule has 0 amide bonds. The highest BCUT2D eigenvalue weighted by Gasteiger charge is 2.41. The number of benzene rings is 2. The number of carbonyl (C=O) groups is 1. The minimum Gasteiger partial charge on any atom is -0.382 e. The molecule has 5 nitrogen and oxygen atoms in total. The fraction of sp³-hybridized carbons (Fsp3) is 0.318. The van der Waals surface area contributed by atoms with Crippen molar-refractivity contribution in [3.8, 4) is 0 Å². The predicted molar refractivity (Wildman–Crippen MR) is 119 cm³/mol. The summed E-state index contributed by atoms with van der Waals surface area (Å²) in [5, 5.41) is 14.5. The van der Waals surface area contributed by atoms with Crippen LogP contribution in [-0.4, -0.2) is 42.4 Å². The third-order valence-electron chi connectivity index (χ3n) is 5.09. The number of hydrogen-bond donors (Lipinski definition) is 1. The van der Waals surface area contributed by atoms with Gasteiger partial charge in [-0.05, 0) is 31.4 Å². The van der Waals surface area contributed by atoms with Crippen molar-refractivity contribution in [3.05, 3.63) is 77.9 Å². The van der Waals surface area contributed by atoms with Crippen LogP contribution in [0.25, 0.3) is 0 Å². The van der Waals surface area contributed by atoms with Gasteiger partial charge < -0.3 is 5.11 Å². The highest BCUT2D eigenvalue weighted by atomic mass is 32.2. The smallest absolute Gasteiger partial charge is 0.175 e. The summed E-state index contributed by atoms with van der Waals surface area (Å²) in [6, 6.07) is 10.4. The van der Waals surface area contributed by atoms with E-state index in [1.54, 1.807) is 37.7 Å². The Morgan fingerprint density at radius 3 is 2.48 bits per heavy atom. The van der Waals surface area contributed by atoms with Crippen LogP contribution in [0.2, 0.25) is 0 Å². The Morgan fingerprint density at radius 1 is 1.19 bits per heavy atom. The van der Waals surface area contributed by atoms with Crippen molar-refractivity contribution in [3.63, 3.8) is 0 Å². The SMILES string of the molecule is CSc1ccc(C(=O)[C@@H](C)S[C@H](C)[C@](O)(Cn2cncn2)c2ccc(F)cc2F)cc1. The summed E-state index contributed by atoms with van der Waals surface area (Å²) in [6.07, 6.45) is 4.68. The zero-order valence-electron chi connectivity index (χ0n) is 17.3. The van der Waals surface area contributed by atoms with Crippen LogP contribution >= 0.6 is 23.5 Å². The van der Waals surface area contributed by atoms with E-state index in [2.05, 4.69) is 10.1 Å². The van der Waals surface area contributed by atoms with E-state index in [9.17, 15) is 18.7 Å². The van der Waals surface area contributed by atoms with E-state index in [0.29, 0.717) is 5.56 Å². The molecule has 3 aromatic rings. The minimum absolute atomic E-state index is 0.0617. The highest BCUT2D eigenvalue weighted by molar-refractivity contribution is 8.01. The number of thioether (sulfide) groups is 2. The Hall–Kier alpha value is -2.23. The molecule has 0 fully saturated rings. The number of aliphatic hydroxyl groups is 1. The molecule has 0 bridgehead atoms. The summed E-state index contributed by atoms with van der Waals surface area (Å²) in [5.41, 5.74) is -1.25. The first-order valence-corrected chi connectivity index (χ1v) is 11.8. The first kappa shape index (κ1) is 23.4. The number of aromatic nitrogens is 3. The molecule has 9 heteroatoms. The molecule has 0 saturated heterocycles. The van der Waals surface area contributed by atoms with Gasteiger partial charge in [-0.3, -0.25) is 4.79 Å². The summed E-state index contributed by atoms with van der Waals surface area (Å²) < 4.78 is 29.5. The van der Waals surface area contributed by atoms with Crippen LogP contribution in [0.15, 0.2) is 60.0 Å². The minimum atomic E-state index is -1.76. The number of nitrogens with zero attached hydrogens (tertiary/aromatic N) is 3. The van der Waals surface area contributed by atoms with Crippen molar-refractivity contribution >= 4 is 29.3 Å². The average molecular weight is 464 g/mol. The van der Waals surface area contributed by atoms with Crippen molar-refractivity contribution in [2.75, 3.05) is 6.26 Å². The maximum atomic E-state index is 14.6. The quantitative estimate of drug-likeness (QED) is 0.371. The average Bonchev–Trinajstić information content (AvgIpc) is 3.25. The lowest BCUT2D eigenvalue weighted by Gasteiger charge is -2.35. The first-order valence-electron chi connectivity index (χ1n) is 9.58. The third-order valence-corrected chi connectivity index (χ3v) is 7.26. The molecular weight excluding hydrogens is 440 g/mol. The van der Waals surface area contributed by atoms with Crippen LogP contribution < -0.4 is 0 Å². The molecule has 3 rings (SSSR count). The summed E-state index contributed by atoms with van der Waals surface area (Å²) in [5.74, 6) is -1.68. The second-order valence-electron chi connectivity index (χ2n) is 7.15. The Bertz CT molecular complexity index is 1030. The lowest BCUT2D eigenvalue weighted by Crippen LogP contribution is -2.42. The van der Waals surface area contributed by atoms with Crippen LogP contribution in [0.3, 0.4) is 0 Å². The molecule has 0 saturated carbocycles. The van der Waals surface area contributed by atoms with Crippen LogP contribution in [0.4, 0.5) is 8.78 Å². The predicted octanol–water partition coefficient (Wildman–Crippen LogP) is 4.56. The molecule has 0 aliphatic rings. The second-order valence-corrected chi connectivity index (χ2v) is 9.72. The van der Waals surface area contributed by atoms with Crippen LogP contribution in [0.5, 0.6) is 0 Å². The number of halogens is 2. The summed E-state index contributed by atoms with van der Waals surface area (Å²) in [7, 11) is 0. The number of hydrogen-bond acceptors (Lipinski definition) is 6. The number of Topliss-reactive ketones (excluding diaryl/α,β-unsaturated/α-hetero) is 1. The first-order chi connectivity index (χ1) is 14.7. The maximum Gasteiger partial charge on any atom is 0.175 e. The van der Waals surface area contributed by atoms with Gasteiger partial charge in [0.15, 0.2) is 5.78 Å². The maximum absolute atomic E-state index is 14.6. The lowest BCUT2D eigenvalue weighted by atomic mass is 9.90. The van der Waals surface area contributed by atoms with Crippen molar-refractivity contribution in [1.29, 1.82) is 0 Å². The highest BCUT2D eigenvalue weighted by Crippen LogP contribution is 2.38. The zero-order chi connectivity index (χ0) is 22.6. The topological polar surface area (TPSA) is 68.0 Å². The molecule has 0 aliphatic carbocycles. The van der Waals surface area contributed by atoms with E-state index in [1.807, 2.05) is 18.4 Å². The van der Waals surface area contributed by atoms with Crippen LogP contribution in [0, 0.1) is 11.6 Å². The van der Waals surface area contributed by atoms with E-state index in [-0.39, 0.29) is 17.9 Å². The lowest BCUT2D eigenvalue weighted by molar-refractivity contribution is 0.0132. The number of ketones is 1. The van der Waals surface area contributed by atoms with Gasteiger partial charge in [-0.1, -0.05) is 25.1 Å². The Balaban J connectivity index is 1.86. The molecule has 2 aromatic carbocycles. The van der Waals surface area contributed by atoms with E-state index >= 15 is 0 Å². The van der Waals surface area contributed by atoms with Gasteiger partial charge in [0, 0.05) is 27.3 Å². The molecule has 0 spiro atoms. The van der Waals surface area contributed by atoms with Crippen LogP contribution in [-0.2, 0) is 12.1 Å². The number of rotatable bonds is 9. The summed E-state index contributed by atoms with van der Waals surface area (Å²) >= 11 is 2.81. The molecule has 3 atom stereocenters. The Morgan fingerprint density at radius 2 is 1.90 bits per heavy atom. The molecule has 0 aliphatic heterocycles. The largest absolute Gasteiger partial charge is 0.382 e. The fourth-order valence-electron chi connectivity index (χ4n) is 3.31. The van der Waals surface area contributed by atoms with E-state index in [4.69, 9.17) is 0 Å². The van der Waals surface area contributed by atoms with E-state index in [1.165, 1.54) is 35.2 Å². The molecular formula is C22H23F2N3O2S2. The summed E-state index contributed by atoms with van der Waals surface area (Å²) in [4.78, 5) is 17.8. The molecule has 1 aromatic heterocycles. The zero-order valence-corrected chi connectivity index (χ0v) is 19.0. The van der Waals surface area contributed by atoms with Gasteiger partial charge >= 0.3 is 0 Å². The van der Waals surface area contributed by atoms with Gasteiger partial charge in [-0.25, -0.2) is 18.4 Å². The normalized spacial score (nSPS) is 15.3. The van der Waals surface area contributed by atoms with Gasteiger partial charge in [0.2, 0.25) is 0 Å². The van der Waals surface area contributed by atoms with Gasteiger partial charge in [-0.15, -0.1) is 23.5 Å². The fourth-order valence-corrected chi connectivity index (χ4v) is 5.01. The third kappa shape index (κ3) is 5.34. The molecule has 164 valence electrons.